The second kappa shape index (κ2) is 9.81. The third kappa shape index (κ3) is 5.24. The Morgan fingerprint density at radius 2 is 2.11 bits per heavy atom. The first kappa shape index (κ1) is 24.7. The van der Waals surface area contributed by atoms with E-state index in [9.17, 15) is 17.6 Å². The molecule has 0 spiro atoms. The summed E-state index contributed by atoms with van der Waals surface area (Å²) in [5.74, 6) is 0.103. The van der Waals surface area contributed by atoms with Crippen molar-refractivity contribution in [2.45, 2.75) is 25.7 Å². The van der Waals surface area contributed by atoms with Gasteiger partial charge in [-0.1, -0.05) is 6.07 Å². The summed E-state index contributed by atoms with van der Waals surface area (Å²) in [6.07, 6.45) is 7.30. The van der Waals surface area contributed by atoms with Crippen LogP contribution in [0.25, 0.3) is 27.6 Å². The van der Waals surface area contributed by atoms with Gasteiger partial charge in [0, 0.05) is 49.0 Å². The summed E-state index contributed by atoms with van der Waals surface area (Å²) in [7, 11) is -3.11. The first-order valence-corrected chi connectivity index (χ1v) is 14.4. The van der Waals surface area contributed by atoms with Gasteiger partial charge in [0.25, 0.3) is 0 Å². The van der Waals surface area contributed by atoms with E-state index < -0.39 is 15.7 Å². The highest BCUT2D eigenvalue weighted by Crippen LogP contribution is 2.33. The van der Waals surface area contributed by atoms with Gasteiger partial charge in [-0.3, -0.25) is 9.78 Å². The van der Waals surface area contributed by atoms with E-state index >= 15 is 0 Å². The number of rotatable bonds is 7. The number of hydrogen-bond donors (Lipinski definition) is 1. The Labute approximate surface area is 215 Å². The van der Waals surface area contributed by atoms with Crippen LogP contribution in [-0.4, -0.2) is 57.6 Å². The molecule has 9 nitrogen and oxygen atoms in total. The summed E-state index contributed by atoms with van der Waals surface area (Å²) in [6, 6.07) is 6.75. The van der Waals surface area contributed by atoms with Crippen LogP contribution in [0.5, 0.6) is 0 Å². The molecule has 1 N–H and O–H groups in total. The molecule has 0 radical (unpaired) electrons. The average molecular weight is 575 g/mol. The van der Waals surface area contributed by atoms with Crippen molar-refractivity contribution in [3.63, 3.8) is 0 Å². The van der Waals surface area contributed by atoms with Crippen LogP contribution in [-0.2, 0) is 21.1 Å². The highest BCUT2D eigenvalue weighted by Gasteiger charge is 2.30. The van der Waals surface area contributed by atoms with Gasteiger partial charge < -0.3 is 5.32 Å². The summed E-state index contributed by atoms with van der Waals surface area (Å²) in [5, 5.41) is 8.61. The number of halogens is 2. The molecule has 0 saturated heterocycles. The molecule has 4 aromatic rings. The van der Waals surface area contributed by atoms with Gasteiger partial charge in [0.05, 0.1) is 16.8 Å². The van der Waals surface area contributed by atoms with E-state index in [-0.39, 0.29) is 30.0 Å². The molecule has 1 amide bonds. The topological polar surface area (TPSA) is 120 Å². The number of sulfone groups is 1. The van der Waals surface area contributed by atoms with Crippen LogP contribution in [0.2, 0.25) is 0 Å². The monoisotopic (exact) mass is 574 g/mol. The van der Waals surface area contributed by atoms with Crippen molar-refractivity contribution in [3.05, 3.63) is 52.9 Å². The minimum absolute atomic E-state index is 0.0659. The zero-order valence-corrected chi connectivity index (χ0v) is 21.9. The first-order chi connectivity index (χ1) is 17.2. The van der Waals surface area contributed by atoms with Crippen LogP contribution in [0.4, 0.5) is 4.39 Å². The summed E-state index contributed by atoms with van der Waals surface area (Å²) in [6.45, 7) is 0.128. The van der Waals surface area contributed by atoms with Crippen molar-refractivity contribution < 1.29 is 17.6 Å². The van der Waals surface area contributed by atoms with Gasteiger partial charge in [-0.05, 0) is 53.2 Å². The minimum Gasteiger partial charge on any atom is -0.355 e. The smallest absolute Gasteiger partial charge is 0.223 e. The molecule has 5 rings (SSSR count). The van der Waals surface area contributed by atoms with Crippen molar-refractivity contribution in [2.75, 3.05) is 18.6 Å². The maximum atomic E-state index is 14.7. The van der Waals surface area contributed by atoms with E-state index in [4.69, 9.17) is 4.98 Å². The van der Waals surface area contributed by atoms with Gasteiger partial charge in [0.15, 0.2) is 11.5 Å². The van der Waals surface area contributed by atoms with E-state index in [2.05, 4.69) is 36.3 Å². The minimum atomic E-state index is -3.11. The predicted octanol–water partition coefficient (Wildman–Crippen LogP) is 3.38. The van der Waals surface area contributed by atoms with Crippen LogP contribution in [0.1, 0.15) is 25.1 Å². The second-order valence-electron chi connectivity index (χ2n) is 9.23. The van der Waals surface area contributed by atoms with Crippen molar-refractivity contribution in [1.29, 1.82) is 0 Å². The van der Waals surface area contributed by atoms with E-state index in [1.165, 1.54) is 6.07 Å². The highest BCUT2D eigenvalue weighted by molar-refractivity contribution is 9.10. The van der Waals surface area contributed by atoms with Gasteiger partial charge in [-0.2, -0.15) is 5.10 Å². The van der Waals surface area contributed by atoms with Crippen molar-refractivity contribution in [1.82, 2.24) is 30.0 Å². The number of carbonyl (C=O) groups excluding carboxylic acids is 1. The lowest BCUT2D eigenvalue weighted by Crippen LogP contribution is -2.33. The Bertz CT molecular complexity index is 1580. The molecule has 0 unspecified atom stereocenters. The lowest BCUT2D eigenvalue weighted by atomic mass is 10.0. The fraction of sp³-hybridized carbons (Fsp3) is 0.375. The highest BCUT2D eigenvalue weighted by atomic mass is 79.9. The van der Waals surface area contributed by atoms with E-state index in [1.807, 2.05) is 6.07 Å². The lowest BCUT2D eigenvalue weighted by molar-refractivity contribution is -0.124. The molecule has 12 heteroatoms. The molecule has 1 aliphatic carbocycles. The Morgan fingerprint density at radius 3 is 2.92 bits per heavy atom. The molecule has 1 saturated carbocycles. The van der Waals surface area contributed by atoms with Crippen molar-refractivity contribution in [2.24, 2.45) is 11.8 Å². The van der Waals surface area contributed by atoms with Crippen LogP contribution in [0.3, 0.4) is 0 Å². The van der Waals surface area contributed by atoms with Gasteiger partial charge >= 0.3 is 0 Å². The zero-order valence-electron chi connectivity index (χ0n) is 19.5. The van der Waals surface area contributed by atoms with Crippen molar-refractivity contribution >= 4 is 53.6 Å². The average Bonchev–Trinajstić information content (AvgIpc) is 3.43. The number of fused-ring (bicyclic) bond motifs is 2. The SMILES string of the molecule is CS(=O)(=O)CCNC(=O)[C@@H]1CC[C@@H](Cc2ncc3c(Br)nn(-c4cc(F)c5ncccc5c4)c3n2)C1. The normalized spacial score (nSPS) is 18.2. The Morgan fingerprint density at radius 1 is 1.28 bits per heavy atom. The predicted molar refractivity (Wildman–Crippen MR) is 137 cm³/mol. The van der Waals surface area contributed by atoms with Crippen molar-refractivity contribution in [3.8, 4) is 5.69 Å². The van der Waals surface area contributed by atoms with Crippen LogP contribution < -0.4 is 5.32 Å². The van der Waals surface area contributed by atoms with Crippen LogP contribution in [0, 0.1) is 17.7 Å². The molecule has 1 fully saturated rings. The zero-order chi connectivity index (χ0) is 25.4. The van der Waals surface area contributed by atoms with Gasteiger partial charge in [0.1, 0.15) is 25.8 Å². The molecular weight excluding hydrogens is 551 g/mol. The fourth-order valence-electron chi connectivity index (χ4n) is 4.70. The van der Waals surface area contributed by atoms with Gasteiger partial charge in [-0.15, -0.1) is 0 Å². The summed E-state index contributed by atoms with van der Waals surface area (Å²) in [4.78, 5) is 25.8. The quantitative estimate of drug-likeness (QED) is 0.359. The molecule has 188 valence electrons. The van der Waals surface area contributed by atoms with Gasteiger partial charge in [-0.25, -0.2) is 27.5 Å². The standard InChI is InChI=1S/C24H24BrFN6O3S/c1-36(34,35)8-7-28-24(33)16-5-4-14(9-16)10-20-29-13-18-22(25)31-32(23(18)30-20)17-11-15-3-2-6-27-21(15)19(26)12-17/h2-3,6,11-14,16H,4-5,7-10H2,1H3,(H,28,33)/t14-,16-/m1/s1. The van der Waals surface area contributed by atoms with E-state index in [0.29, 0.717) is 50.9 Å². The largest absolute Gasteiger partial charge is 0.355 e. The molecule has 0 aliphatic heterocycles. The Hall–Kier alpha value is -2.99. The third-order valence-electron chi connectivity index (χ3n) is 6.47. The second-order valence-corrected chi connectivity index (χ2v) is 12.2. The lowest BCUT2D eigenvalue weighted by Gasteiger charge is -2.12. The molecule has 1 aromatic carbocycles. The molecule has 3 heterocycles. The molecular formula is C24H24BrFN6O3S. The number of carbonyl (C=O) groups is 1. The number of nitrogens with one attached hydrogen (secondary N) is 1. The number of hydrogen-bond acceptors (Lipinski definition) is 7. The number of pyridine rings is 1. The molecule has 1 aliphatic rings. The maximum absolute atomic E-state index is 14.7. The van der Waals surface area contributed by atoms with Crippen LogP contribution in [0.15, 0.2) is 41.3 Å². The number of benzene rings is 1. The molecule has 0 bridgehead atoms. The summed E-state index contributed by atoms with van der Waals surface area (Å²) >= 11 is 3.45. The molecule has 36 heavy (non-hydrogen) atoms. The third-order valence-corrected chi connectivity index (χ3v) is 8.00. The molecule has 2 atom stereocenters. The number of aromatic nitrogens is 5. The number of amides is 1. The molecule has 3 aromatic heterocycles. The first-order valence-electron chi connectivity index (χ1n) is 11.6. The maximum Gasteiger partial charge on any atom is 0.223 e. The number of nitrogens with zero attached hydrogens (tertiary/aromatic N) is 5. The summed E-state index contributed by atoms with van der Waals surface area (Å²) in [5.41, 5.74) is 1.38. The summed E-state index contributed by atoms with van der Waals surface area (Å²) < 4.78 is 39.4. The fourth-order valence-corrected chi connectivity index (χ4v) is 5.61. The van der Waals surface area contributed by atoms with E-state index in [0.717, 1.165) is 19.1 Å². The Balaban J connectivity index is 1.34. The Kier molecular flexibility index (Phi) is 6.73. The van der Waals surface area contributed by atoms with Gasteiger partial charge in [0.2, 0.25) is 5.91 Å². The van der Waals surface area contributed by atoms with Crippen LogP contribution >= 0.6 is 15.9 Å². The van der Waals surface area contributed by atoms with E-state index in [1.54, 1.807) is 29.2 Å².